The summed E-state index contributed by atoms with van der Waals surface area (Å²) in [6.45, 7) is 4.73. The van der Waals surface area contributed by atoms with E-state index in [4.69, 9.17) is 13.9 Å². The van der Waals surface area contributed by atoms with Gasteiger partial charge in [0.15, 0.2) is 6.61 Å². The zero-order chi connectivity index (χ0) is 20.6. The Bertz CT molecular complexity index is 964. The molecule has 1 N–H and O–H groups in total. The van der Waals surface area contributed by atoms with Crippen LogP contribution in [-0.2, 0) is 20.9 Å². The lowest BCUT2D eigenvalue weighted by atomic mass is 10.0. The first-order valence-corrected chi connectivity index (χ1v) is 9.67. The Morgan fingerprint density at radius 2 is 1.79 bits per heavy atom. The maximum Gasteiger partial charge on any atom is 0.375 e. The van der Waals surface area contributed by atoms with Crippen molar-refractivity contribution in [2.75, 3.05) is 19.8 Å². The first-order chi connectivity index (χ1) is 14.1. The van der Waals surface area contributed by atoms with Crippen molar-refractivity contribution in [3.63, 3.8) is 0 Å². The largest absolute Gasteiger partial charge is 0.450 e. The van der Waals surface area contributed by atoms with E-state index in [0.29, 0.717) is 24.3 Å². The van der Waals surface area contributed by atoms with Gasteiger partial charge in [0.05, 0.1) is 6.61 Å². The number of carbonyl (C=O) groups is 2. The van der Waals surface area contributed by atoms with Crippen LogP contribution in [0.25, 0.3) is 11.0 Å². The highest BCUT2D eigenvalue weighted by Crippen LogP contribution is 2.27. The van der Waals surface area contributed by atoms with Gasteiger partial charge >= 0.3 is 5.97 Å². The molecule has 152 valence electrons. The highest BCUT2D eigenvalue weighted by atomic mass is 16.5. The van der Waals surface area contributed by atoms with Crippen molar-refractivity contribution in [1.29, 1.82) is 0 Å². The zero-order valence-corrected chi connectivity index (χ0v) is 16.6. The molecule has 0 aliphatic rings. The zero-order valence-electron chi connectivity index (χ0n) is 16.6. The molecule has 0 saturated carbocycles. The van der Waals surface area contributed by atoms with E-state index in [2.05, 4.69) is 5.32 Å². The SMILES string of the molecule is CCOCc1c(C(=O)OCC(=O)NC[C@@H](C)c2ccccc2)oc2ccccc12. The molecule has 0 radical (unpaired) electrons. The number of benzene rings is 2. The summed E-state index contributed by atoms with van der Waals surface area (Å²) < 4.78 is 16.3. The summed E-state index contributed by atoms with van der Waals surface area (Å²) in [5, 5.41) is 3.59. The molecule has 2 aromatic carbocycles. The van der Waals surface area contributed by atoms with E-state index in [-0.39, 0.29) is 30.8 Å². The van der Waals surface area contributed by atoms with Gasteiger partial charge in [0.1, 0.15) is 5.58 Å². The summed E-state index contributed by atoms with van der Waals surface area (Å²) in [6, 6.07) is 17.2. The summed E-state index contributed by atoms with van der Waals surface area (Å²) in [5.74, 6) is -0.806. The topological polar surface area (TPSA) is 77.8 Å². The van der Waals surface area contributed by atoms with Crippen molar-refractivity contribution in [2.24, 2.45) is 0 Å². The molecule has 0 unspecified atom stereocenters. The van der Waals surface area contributed by atoms with Gasteiger partial charge in [-0.15, -0.1) is 0 Å². The Kier molecular flexibility index (Phi) is 7.03. The Hall–Kier alpha value is -3.12. The number of carbonyl (C=O) groups excluding carboxylic acids is 2. The van der Waals surface area contributed by atoms with Gasteiger partial charge in [-0.2, -0.15) is 0 Å². The smallest absolute Gasteiger partial charge is 0.375 e. The van der Waals surface area contributed by atoms with Crippen LogP contribution in [0.5, 0.6) is 0 Å². The second-order valence-corrected chi connectivity index (χ2v) is 6.73. The van der Waals surface area contributed by atoms with Crippen molar-refractivity contribution in [2.45, 2.75) is 26.4 Å². The molecular weight excluding hydrogens is 370 g/mol. The predicted molar refractivity (Wildman–Crippen MR) is 110 cm³/mol. The number of nitrogens with one attached hydrogen (secondary N) is 1. The average molecular weight is 395 g/mol. The summed E-state index contributed by atoms with van der Waals surface area (Å²) in [4.78, 5) is 24.6. The van der Waals surface area contributed by atoms with Crippen LogP contribution in [0.2, 0.25) is 0 Å². The highest BCUT2D eigenvalue weighted by molar-refractivity contribution is 5.96. The van der Waals surface area contributed by atoms with Gasteiger partial charge in [-0.25, -0.2) is 4.79 Å². The fraction of sp³-hybridized carbons (Fsp3) is 0.304. The first kappa shape index (κ1) is 20.6. The molecule has 0 aliphatic carbocycles. The molecule has 0 aliphatic heterocycles. The molecule has 0 saturated heterocycles. The molecule has 0 fully saturated rings. The lowest BCUT2D eigenvalue weighted by Crippen LogP contribution is -2.31. The van der Waals surface area contributed by atoms with Gasteiger partial charge in [-0.05, 0) is 24.5 Å². The van der Waals surface area contributed by atoms with Crippen LogP contribution >= 0.6 is 0 Å². The lowest BCUT2D eigenvalue weighted by molar-refractivity contribution is -0.124. The van der Waals surface area contributed by atoms with Crippen molar-refractivity contribution < 1.29 is 23.5 Å². The Labute approximate surface area is 169 Å². The molecular formula is C23H25NO5. The number of ether oxygens (including phenoxy) is 2. The molecule has 0 spiro atoms. The fourth-order valence-electron chi connectivity index (χ4n) is 3.03. The molecule has 1 amide bonds. The van der Waals surface area contributed by atoms with E-state index >= 15 is 0 Å². The number of fused-ring (bicyclic) bond motifs is 1. The van der Waals surface area contributed by atoms with Crippen molar-refractivity contribution >= 4 is 22.8 Å². The van der Waals surface area contributed by atoms with Crippen LogP contribution in [0.4, 0.5) is 0 Å². The number of amides is 1. The van der Waals surface area contributed by atoms with Crippen molar-refractivity contribution in [3.8, 4) is 0 Å². The maximum atomic E-state index is 12.5. The molecule has 29 heavy (non-hydrogen) atoms. The first-order valence-electron chi connectivity index (χ1n) is 9.67. The Balaban J connectivity index is 1.58. The fourth-order valence-corrected chi connectivity index (χ4v) is 3.03. The molecule has 1 heterocycles. The van der Waals surface area contributed by atoms with Gasteiger partial charge < -0.3 is 19.2 Å². The summed E-state index contributed by atoms with van der Waals surface area (Å²) in [5.41, 5.74) is 2.34. The van der Waals surface area contributed by atoms with Crippen LogP contribution in [0, 0.1) is 0 Å². The van der Waals surface area contributed by atoms with E-state index in [1.54, 1.807) is 6.07 Å². The normalized spacial score (nSPS) is 11.9. The number of hydrogen-bond acceptors (Lipinski definition) is 5. The molecule has 1 aromatic heterocycles. The second-order valence-electron chi connectivity index (χ2n) is 6.73. The molecule has 3 rings (SSSR count). The summed E-state index contributed by atoms with van der Waals surface area (Å²) in [7, 11) is 0. The highest BCUT2D eigenvalue weighted by Gasteiger charge is 2.22. The molecule has 1 atom stereocenters. The molecule has 6 heteroatoms. The summed E-state index contributed by atoms with van der Waals surface area (Å²) in [6.07, 6.45) is 0. The third-order valence-electron chi connectivity index (χ3n) is 4.64. The molecule has 6 nitrogen and oxygen atoms in total. The third-order valence-corrected chi connectivity index (χ3v) is 4.64. The van der Waals surface area contributed by atoms with Gasteiger partial charge in [0.25, 0.3) is 5.91 Å². The monoisotopic (exact) mass is 395 g/mol. The number of furan rings is 1. The number of esters is 1. The summed E-state index contributed by atoms with van der Waals surface area (Å²) >= 11 is 0. The second kappa shape index (κ2) is 9.89. The van der Waals surface area contributed by atoms with Crippen LogP contribution in [0.15, 0.2) is 59.0 Å². The average Bonchev–Trinajstić information content (AvgIpc) is 3.13. The molecule has 3 aromatic rings. The van der Waals surface area contributed by atoms with Crippen LogP contribution < -0.4 is 5.32 Å². The predicted octanol–water partition coefficient (Wildman–Crippen LogP) is 4.05. The lowest BCUT2D eigenvalue weighted by Gasteiger charge is -2.13. The van der Waals surface area contributed by atoms with Crippen LogP contribution in [0.3, 0.4) is 0 Å². The molecule has 0 bridgehead atoms. The van der Waals surface area contributed by atoms with Gasteiger partial charge in [0.2, 0.25) is 5.76 Å². The number of para-hydroxylation sites is 1. The quantitative estimate of drug-likeness (QED) is 0.553. The van der Waals surface area contributed by atoms with Gasteiger partial charge in [-0.1, -0.05) is 55.5 Å². The third kappa shape index (κ3) is 5.23. The standard InChI is InChI=1S/C23H25NO5/c1-3-27-14-19-18-11-7-8-12-20(18)29-22(19)23(26)28-15-21(25)24-13-16(2)17-9-5-4-6-10-17/h4-12,16H,3,13-15H2,1-2H3,(H,24,25)/t16-/m1/s1. The Morgan fingerprint density at radius 1 is 1.07 bits per heavy atom. The van der Waals surface area contributed by atoms with Gasteiger partial charge in [-0.3, -0.25) is 4.79 Å². The van der Waals surface area contributed by atoms with Crippen LogP contribution in [-0.4, -0.2) is 31.6 Å². The van der Waals surface area contributed by atoms with E-state index in [0.717, 1.165) is 10.9 Å². The van der Waals surface area contributed by atoms with Crippen LogP contribution in [0.1, 0.15) is 41.4 Å². The van der Waals surface area contributed by atoms with E-state index in [1.807, 2.05) is 62.4 Å². The van der Waals surface area contributed by atoms with Gasteiger partial charge in [0, 0.05) is 24.1 Å². The van der Waals surface area contributed by atoms with E-state index in [1.165, 1.54) is 0 Å². The van der Waals surface area contributed by atoms with Crippen molar-refractivity contribution in [1.82, 2.24) is 5.32 Å². The number of hydrogen-bond donors (Lipinski definition) is 1. The van der Waals surface area contributed by atoms with Crippen molar-refractivity contribution in [3.05, 3.63) is 71.5 Å². The number of rotatable bonds is 9. The minimum absolute atomic E-state index is 0.0742. The minimum Gasteiger partial charge on any atom is -0.450 e. The maximum absolute atomic E-state index is 12.5. The Morgan fingerprint density at radius 3 is 2.55 bits per heavy atom. The van der Waals surface area contributed by atoms with E-state index in [9.17, 15) is 9.59 Å². The minimum atomic E-state index is -0.679. The van der Waals surface area contributed by atoms with E-state index < -0.39 is 5.97 Å².